The van der Waals surface area contributed by atoms with Gasteiger partial charge in [-0.3, -0.25) is 19.3 Å². The highest BCUT2D eigenvalue weighted by molar-refractivity contribution is 8.00. The second-order valence-electron chi connectivity index (χ2n) is 10.6. The normalized spacial score (nSPS) is 17.2. The van der Waals surface area contributed by atoms with Crippen LogP contribution in [0, 0.1) is 5.41 Å². The largest absolute Gasteiger partial charge is 0.375 e. The lowest BCUT2D eigenvalue weighted by molar-refractivity contribution is -0.138. The summed E-state index contributed by atoms with van der Waals surface area (Å²) >= 11 is 1.51. The average Bonchev–Trinajstić information content (AvgIpc) is 2.94. The highest BCUT2D eigenvalue weighted by atomic mass is 32.2. The number of nitrogens with one attached hydrogen (secondary N) is 1. The molecule has 0 aromatic rings. The van der Waals surface area contributed by atoms with Crippen LogP contribution in [0.3, 0.4) is 0 Å². The molecule has 0 bridgehead atoms. The first-order valence-electron chi connectivity index (χ1n) is 12.1. The number of amides is 3. The molecule has 1 saturated heterocycles. The lowest BCUT2D eigenvalue weighted by Crippen LogP contribution is -2.38. The predicted molar refractivity (Wildman–Crippen MR) is 136 cm³/mol. The van der Waals surface area contributed by atoms with E-state index in [4.69, 9.17) is 9.47 Å². The Kier molecular flexibility index (Phi) is 13.8. The van der Waals surface area contributed by atoms with Gasteiger partial charge in [-0.1, -0.05) is 34.6 Å². The minimum absolute atomic E-state index is 0.132. The molecule has 194 valence electrons. The monoisotopic (exact) mass is 488 g/mol. The van der Waals surface area contributed by atoms with Gasteiger partial charge in [-0.25, -0.2) is 0 Å². The molecule has 1 aliphatic rings. The Morgan fingerprint density at radius 3 is 2.15 bits per heavy atom. The summed E-state index contributed by atoms with van der Waals surface area (Å²) in [5.41, 5.74) is -0.424. The number of hydrogen-bond acceptors (Lipinski definition) is 6. The number of carbonyl (C=O) groups is 3. The first-order chi connectivity index (χ1) is 15.1. The smallest absolute Gasteiger partial charge is 0.242 e. The second-order valence-corrected chi connectivity index (χ2v) is 12.0. The number of imide groups is 1. The summed E-state index contributed by atoms with van der Waals surface area (Å²) < 4.78 is 12.2. The van der Waals surface area contributed by atoms with Crippen LogP contribution < -0.4 is 5.32 Å². The Balaban J connectivity index is 0.00000497. The average molecular weight is 489 g/mol. The zero-order valence-electron chi connectivity index (χ0n) is 22.6. The first-order valence-corrected chi connectivity index (χ1v) is 13.1. The van der Waals surface area contributed by atoms with Crippen molar-refractivity contribution >= 4 is 29.5 Å². The number of nitrogens with zero attached hydrogens (tertiary/aromatic N) is 1. The SMILES string of the molecule is CC.CC(=O)NCCN1C(=O)CC(SCCC(C)(C)OCCC(C)(C)OCC(C)(C)C)C1=O. The topological polar surface area (TPSA) is 84.9 Å². The Hall–Kier alpha value is -1.12. The van der Waals surface area contributed by atoms with Gasteiger partial charge in [0.25, 0.3) is 0 Å². The number of rotatable bonds is 13. The van der Waals surface area contributed by atoms with Crippen LogP contribution >= 0.6 is 11.8 Å². The van der Waals surface area contributed by atoms with Crippen molar-refractivity contribution in [2.45, 2.75) is 105 Å². The van der Waals surface area contributed by atoms with Gasteiger partial charge in [0, 0.05) is 26.4 Å². The van der Waals surface area contributed by atoms with Crippen LogP contribution in [-0.4, -0.2) is 71.1 Å². The molecule has 1 N–H and O–H groups in total. The highest BCUT2D eigenvalue weighted by Crippen LogP contribution is 2.28. The molecule has 0 aromatic carbocycles. The maximum atomic E-state index is 12.5. The van der Waals surface area contributed by atoms with Crippen molar-refractivity contribution < 1.29 is 23.9 Å². The molecule has 1 atom stereocenters. The van der Waals surface area contributed by atoms with Crippen molar-refractivity contribution in [2.24, 2.45) is 5.41 Å². The summed E-state index contributed by atoms with van der Waals surface area (Å²) in [5.74, 6) is 0.245. The molecule has 0 aliphatic carbocycles. The number of carbonyl (C=O) groups excluding carboxylic acids is 3. The van der Waals surface area contributed by atoms with Crippen LogP contribution in [0.1, 0.15) is 88.5 Å². The lowest BCUT2D eigenvalue weighted by Gasteiger charge is -2.32. The first kappa shape index (κ1) is 31.9. The molecule has 7 nitrogen and oxygen atoms in total. The number of ether oxygens (including phenoxy) is 2. The third kappa shape index (κ3) is 14.0. The van der Waals surface area contributed by atoms with E-state index in [0.717, 1.165) is 18.6 Å². The van der Waals surface area contributed by atoms with Crippen molar-refractivity contribution in [1.29, 1.82) is 0 Å². The van der Waals surface area contributed by atoms with E-state index in [-0.39, 0.29) is 52.6 Å². The third-order valence-electron chi connectivity index (χ3n) is 5.03. The van der Waals surface area contributed by atoms with Crippen LogP contribution in [0.4, 0.5) is 0 Å². The van der Waals surface area contributed by atoms with Gasteiger partial charge >= 0.3 is 0 Å². The molecule has 1 rings (SSSR count). The van der Waals surface area contributed by atoms with E-state index in [1.807, 2.05) is 13.8 Å². The van der Waals surface area contributed by atoms with E-state index in [1.54, 1.807) is 0 Å². The fourth-order valence-corrected chi connectivity index (χ4v) is 4.36. The molecule has 1 aliphatic heterocycles. The van der Waals surface area contributed by atoms with Gasteiger partial charge in [0.05, 0.1) is 29.7 Å². The van der Waals surface area contributed by atoms with Crippen molar-refractivity contribution in [1.82, 2.24) is 10.2 Å². The van der Waals surface area contributed by atoms with E-state index in [2.05, 4.69) is 53.8 Å². The summed E-state index contributed by atoms with van der Waals surface area (Å²) in [5, 5.41) is 2.28. The Labute approximate surface area is 206 Å². The summed E-state index contributed by atoms with van der Waals surface area (Å²) in [6.07, 6.45) is 1.81. The Bertz CT molecular complexity index is 629. The van der Waals surface area contributed by atoms with E-state index in [1.165, 1.54) is 23.6 Å². The summed E-state index contributed by atoms with van der Waals surface area (Å²) in [7, 11) is 0. The van der Waals surface area contributed by atoms with Crippen molar-refractivity contribution in [3.8, 4) is 0 Å². The highest BCUT2D eigenvalue weighted by Gasteiger charge is 2.38. The van der Waals surface area contributed by atoms with Gasteiger partial charge in [-0.05, 0) is 51.7 Å². The molecular weight excluding hydrogens is 440 g/mol. The summed E-state index contributed by atoms with van der Waals surface area (Å²) in [4.78, 5) is 36.8. The molecule has 8 heteroatoms. The van der Waals surface area contributed by atoms with Crippen LogP contribution in [0.15, 0.2) is 0 Å². The molecular formula is C25H48N2O5S. The minimum atomic E-state index is -0.342. The summed E-state index contributed by atoms with van der Waals surface area (Å²) in [6.45, 7) is 22.0. The second kappa shape index (κ2) is 14.3. The fourth-order valence-electron chi connectivity index (χ4n) is 2.94. The standard InChI is InChI=1S/C23H42N2O5S.C2H6/c1-17(26)24-11-12-25-19(27)15-18(20(25)28)31-14-10-23(7,8)29-13-9-22(5,6)30-16-21(2,3)4;1-2/h18H,9-16H2,1-8H3,(H,24,26);1-2H3. The summed E-state index contributed by atoms with van der Waals surface area (Å²) in [6, 6.07) is 0. The van der Waals surface area contributed by atoms with Crippen LogP contribution in [0.2, 0.25) is 0 Å². The zero-order valence-corrected chi connectivity index (χ0v) is 23.4. The van der Waals surface area contributed by atoms with Gasteiger partial charge in [0.15, 0.2) is 0 Å². The van der Waals surface area contributed by atoms with E-state index in [9.17, 15) is 14.4 Å². The molecule has 1 unspecified atom stereocenters. The van der Waals surface area contributed by atoms with Gasteiger partial charge in [0.2, 0.25) is 17.7 Å². The lowest BCUT2D eigenvalue weighted by atomic mass is 9.97. The van der Waals surface area contributed by atoms with Gasteiger partial charge in [-0.15, -0.1) is 11.8 Å². The van der Waals surface area contributed by atoms with Crippen molar-refractivity contribution in [3.05, 3.63) is 0 Å². The predicted octanol–water partition coefficient (Wildman–Crippen LogP) is 4.43. The molecule has 0 spiro atoms. The van der Waals surface area contributed by atoms with Crippen LogP contribution in [-0.2, 0) is 23.9 Å². The molecule has 3 amide bonds. The van der Waals surface area contributed by atoms with Crippen LogP contribution in [0.5, 0.6) is 0 Å². The fraction of sp³-hybridized carbons (Fsp3) is 0.880. The molecule has 0 radical (unpaired) electrons. The van der Waals surface area contributed by atoms with Crippen molar-refractivity contribution in [3.63, 3.8) is 0 Å². The Morgan fingerprint density at radius 1 is 1.03 bits per heavy atom. The van der Waals surface area contributed by atoms with Gasteiger partial charge in [-0.2, -0.15) is 0 Å². The van der Waals surface area contributed by atoms with Gasteiger partial charge < -0.3 is 14.8 Å². The maximum absolute atomic E-state index is 12.5. The van der Waals surface area contributed by atoms with Crippen LogP contribution in [0.25, 0.3) is 0 Å². The number of thioether (sulfide) groups is 1. The van der Waals surface area contributed by atoms with E-state index < -0.39 is 0 Å². The quantitative estimate of drug-likeness (QED) is 0.386. The molecule has 0 aromatic heterocycles. The third-order valence-corrected chi connectivity index (χ3v) is 6.24. The number of hydrogen-bond donors (Lipinski definition) is 1. The van der Waals surface area contributed by atoms with Gasteiger partial charge in [0.1, 0.15) is 0 Å². The number of likely N-dealkylation sites (tertiary alicyclic amines) is 1. The Morgan fingerprint density at radius 2 is 1.61 bits per heavy atom. The zero-order chi connectivity index (χ0) is 25.9. The molecule has 1 fully saturated rings. The molecule has 33 heavy (non-hydrogen) atoms. The molecule has 0 saturated carbocycles. The molecule has 1 heterocycles. The van der Waals surface area contributed by atoms with Crippen molar-refractivity contribution in [2.75, 3.05) is 32.1 Å². The van der Waals surface area contributed by atoms with E-state index in [0.29, 0.717) is 19.8 Å². The maximum Gasteiger partial charge on any atom is 0.242 e. The van der Waals surface area contributed by atoms with E-state index >= 15 is 0 Å². The minimum Gasteiger partial charge on any atom is -0.375 e.